The maximum Gasteiger partial charge on any atom is 0.270 e. The van der Waals surface area contributed by atoms with Crippen LogP contribution >= 0.6 is 11.6 Å². The molecule has 0 bridgehead atoms. The van der Waals surface area contributed by atoms with Crippen LogP contribution in [-0.2, 0) is 10.0 Å². The summed E-state index contributed by atoms with van der Waals surface area (Å²) < 4.78 is 27.0. The number of hydrogen-bond donors (Lipinski definition) is 2. The predicted molar refractivity (Wildman–Crippen MR) is 110 cm³/mol. The molecule has 0 unspecified atom stereocenters. The summed E-state index contributed by atoms with van der Waals surface area (Å²) in [5.41, 5.74) is 0.431. The lowest BCUT2D eigenvalue weighted by Crippen LogP contribution is -2.28. The van der Waals surface area contributed by atoms with Gasteiger partial charge in [-0.15, -0.1) is 0 Å². The van der Waals surface area contributed by atoms with E-state index in [1.54, 1.807) is 7.05 Å². The Morgan fingerprint density at radius 1 is 1.17 bits per heavy atom. The monoisotopic (exact) mass is 438 g/mol. The highest BCUT2D eigenvalue weighted by Gasteiger charge is 2.29. The summed E-state index contributed by atoms with van der Waals surface area (Å²) in [4.78, 5) is 23.0. The van der Waals surface area contributed by atoms with E-state index in [0.29, 0.717) is 18.8 Å². The van der Waals surface area contributed by atoms with Gasteiger partial charge in [-0.05, 0) is 37.1 Å². The van der Waals surface area contributed by atoms with Gasteiger partial charge in [0.05, 0.1) is 15.5 Å². The second-order valence-corrected chi connectivity index (χ2v) is 8.76. The van der Waals surface area contributed by atoms with E-state index >= 15 is 0 Å². The molecule has 154 valence electrons. The number of nitro benzene ring substituents is 1. The molecule has 3 rings (SSSR count). The normalized spacial score (nSPS) is 14.6. The number of benzene rings is 2. The van der Waals surface area contributed by atoms with Crippen molar-refractivity contribution in [2.45, 2.75) is 17.7 Å². The van der Waals surface area contributed by atoms with E-state index < -0.39 is 20.9 Å². The van der Waals surface area contributed by atoms with Gasteiger partial charge in [-0.2, -0.15) is 4.31 Å². The van der Waals surface area contributed by atoms with Crippen LogP contribution in [0.5, 0.6) is 0 Å². The van der Waals surface area contributed by atoms with Gasteiger partial charge in [0.2, 0.25) is 10.0 Å². The molecule has 1 fully saturated rings. The van der Waals surface area contributed by atoms with E-state index in [4.69, 9.17) is 11.6 Å². The van der Waals surface area contributed by atoms with Crippen LogP contribution < -0.4 is 10.6 Å². The molecule has 1 amide bonds. The largest absolute Gasteiger partial charge is 0.387 e. The van der Waals surface area contributed by atoms with Gasteiger partial charge >= 0.3 is 0 Å². The van der Waals surface area contributed by atoms with Crippen LogP contribution in [0.2, 0.25) is 5.02 Å². The highest BCUT2D eigenvalue weighted by Crippen LogP contribution is 2.30. The number of amides is 1. The fraction of sp³-hybridized carbons (Fsp3) is 0.278. The maximum absolute atomic E-state index is 12.8. The molecule has 0 atom stereocenters. The van der Waals surface area contributed by atoms with Crippen LogP contribution in [0.25, 0.3) is 0 Å². The van der Waals surface area contributed by atoms with Crippen molar-refractivity contribution in [1.29, 1.82) is 0 Å². The predicted octanol–water partition coefficient (Wildman–Crippen LogP) is 3.33. The van der Waals surface area contributed by atoms with Gasteiger partial charge in [0, 0.05) is 43.6 Å². The minimum Gasteiger partial charge on any atom is -0.387 e. The first-order valence-electron chi connectivity index (χ1n) is 8.81. The summed E-state index contributed by atoms with van der Waals surface area (Å²) in [5.74, 6) is -0.620. The van der Waals surface area contributed by atoms with Gasteiger partial charge in [-0.1, -0.05) is 11.6 Å². The molecule has 1 aliphatic heterocycles. The third-order valence-corrected chi connectivity index (χ3v) is 6.98. The molecule has 0 aromatic heterocycles. The quantitative estimate of drug-likeness (QED) is 0.527. The number of anilines is 2. The van der Waals surface area contributed by atoms with Gasteiger partial charge in [-0.25, -0.2) is 8.42 Å². The van der Waals surface area contributed by atoms with Crippen molar-refractivity contribution >= 4 is 44.6 Å². The van der Waals surface area contributed by atoms with Crippen LogP contribution in [0, 0.1) is 10.1 Å². The molecule has 1 heterocycles. The average molecular weight is 439 g/mol. The maximum atomic E-state index is 12.8. The number of sulfonamides is 1. The Morgan fingerprint density at radius 3 is 2.48 bits per heavy atom. The number of hydrogen-bond acceptors (Lipinski definition) is 6. The SMILES string of the molecule is CNc1ccc([N+](=O)[O-])cc1C(=O)Nc1ccc(Cl)c(S(=O)(=O)N2CCCC2)c1. The fourth-order valence-corrected chi connectivity index (χ4v) is 5.11. The number of nitrogens with zero attached hydrogens (tertiary/aromatic N) is 2. The fourth-order valence-electron chi connectivity index (χ4n) is 3.10. The van der Waals surface area contributed by atoms with Crippen molar-refractivity contribution in [3.8, 4) is 0 Å². The Morgan fingerprint density at radius 2 is 1.86 bits per heavy atom. The molecule has 0 aliphatic carbocycles. The Kier molecular flexibility index (Phi) is 6.06. The van der Waals surface area contributed by atoms with E-state index in [-0.39, 0.29) is 26.9 Å². The smallest absolute Gasteiger partial charge is 0.270 e. The Hall–Kier alpha value is -2.69. The zero-order valence-corrected chi connectivity index (χ0v) is 17.1. The molecule has 0 saturated carbocycles. The summed E-state index contributed by atoms with van der Waals surface area (Å²) in [6.07, 6.45) is 1.57. The summed E-state index contributed by atoms with van der Waals surface area (Å²) in [7, 11) is -2.19. The minimum atomic E-state index is -3.77. The van der Waals surface area contributed by atoms with Crippen molar-refractivity contribution in [2.24, 2.45) is 0 Å². The van der Waals surface area contributed by atoms with Crippen LogP contribution in [0.3, 0.4) is 0 Å². The first kappa shape index (κ1) is 21.0. The van der Waals surface area contributed by atoms with Gasteiger partial charge in [0.1, 0.15) is 4.90 Å². The molecule has 11 heteroatoms. The van der Waals surface area contributed by atoms with Crippen molar-refractivity contribution in [3.05, 3.63) is 57.1 Å². The average Bonchev–Trinajstić information content (AvgIpc) is 3.24. The number of carbonyl (C=O) groups excluding carboxylic acids is 1. The molecular weight excluding hydrogens is 420 g/mol. The number of carbonyl (C=O) groups is 1. The second-order valence-electron chi connectivity index (χ2n) is 6.45. The van der Waals surface area contributed by atoms with Crippen molar-refractivity contribution in [2.75, 3.05) is 30.8 Å². The number of non-ortho nitro benzene ring substituents is 1. The zero-order chi connectivity index (χ0) is 21.2. The van der Waals surface area contributed by atoms with Crippen LogP contribution in [0.1, 0.15) is 23.2 Å². The van der Waals surface area contributed by atoms with Crippen molar-refractivity contribution in [1.82, 2.24) is 4.31 Å². The molecular formula is C18H19ClN4O5S. The van der Waals surface area contributed by atoms with E-state index in [9.17, 15) is 23.3 Å². The standard InChI is InChI=1S/C18H19ClN4O5S/c1-20-16-7-5-13(23(25)26)11-14(16)18(24)21-12-4-6-15(19)17(10-12)29(27,28)22-8-2-3-9-22/h4-7,10-11,20H,2-3,8-9H2,1H3,(H,21,24). The van der Waals surface area contributed by atoms with Crippen molar-refractivity contribution < 1.29 is 18.1 Å². The van der Waals surface area contributed by atoms with E-state index in [1.165, 1.54) is 34.6 Å². The molecule has 9 nitrogen and oxygen atoms in total. The van der Waals surface area contributed by atoms with Gasteiger partial charge in [-0.3, -0.25) is 14.9 Å². The summed E-state index contributed by atoms with van der Waals surface area (Å²) in [6.45, 7) is 0.850. The molecule has 2 N–H and O–H groups in total. The number of halogens is 1. The lowest BCUT2D eigenvalue weighted by atomic mass is 10.1. The lowest BCUT2D eigenvalue weighted by molar-refractivity contribution is -0.384. The van der Waals surface area contributed by atoms with Gasteiger partial charge < -0.3 is 10.6 Å². The Bertz CT molecular complexity index is 1070. The van der Waals surface area contributed by atoms with Crippen molar-refractivity contribution in [3.63, 3.8) is 0 Å². The lowest BCUT2D eigenvalue weighted by Gasteiger charge is -2.17. The Labute approximate surface area is 172 Å². The third kappa shape index (κ3) is 4.34. The van der Waals surface area contributed by atoms with Gasteiger partial charge in [0.25, 0.3) is 11.6 Å². The molecule has 2 aromatic rings. The third-order valence-electron chi connectivity index (χ3n) is 4.60. The first-order chi connectivity index (χ1) is 13.7. The first-order valence-corrected chi connectivity index (χ1v) is 10.6. The summed E-state index contributed by atoms with van der Waals surface area (Å²) >= 11 is 6.11. The van der Waals surface area contributed by atoms with E-state index in [2.05, 4.69) is 10.6 Å². The molecule has 2 aromatic carbocycles. The summed E-state index contributed by atoms with van der Waals surface area (Å²) in [6, 6.07) is 8.03. The highest BCUT2D eigenvalue weighted by molar-refractivity contribution is 7.89. The van der Waals surface area contributed by atoms with Crippen LogP contribution in [0.15, 0.2) is 41.3 Å². The van der Waals surface area contributed by atoms with E-state index in [1.807, 2.05) is 0 Å². The van der Waals surface area contributed by atoms with E-state index in [0.717, 1.165) is 18.9 Å². The van der Waals surface area contributed by atoms with Gasteiger partial charge in [0.15, 0.2) is 0 Å². The molecule has 0 radical (unpaired) electrons. The second kappa shape index (κ2) is 8.36. The zero-order valence-electron chi connectivity index (χ0n) is 15.5. The highest BCUT2D eigenvalue weighted by atomic mass is 35.5. The topological polar surface area (TPSA) is 122 Å². The molecule has 0 spiro atoms. The minimum absolute atomic E-state index is 0.0561. The molecule has 1 aliphatic rings. The van der Waals surface area contributed by atoms with Crippen LogP contribution in [0.4, 0.5) is 17.1 Å². The molecule has 1 saturated heterocycles. The Balaban J connectivity index is 1.92. The number of nitro groups is 1. The number of rotatable bonds is 6. The summed E-state index contributed by atoms with van der Waals surface area (Å²) in [5, 5.41) is 16.5. The number of nitrogens with one attached hydrogen (secondary N) is 2. The van der Waals surface area contributed by atoms with Crippen LogP contribution in [-0.4, -0.2) is 43.7 Å². The molecule has 29 heavy (non-hydrogen) atoms.